The van der Waals surface area contributed by atoms with Crippen LogP contribution in [0.3, 0.4) is 0 Å². The Kier molecular flexibility index (Phi) is 7.89. The third kappa shape index (κ3) is 5.72. The smallest absolute Gasteiger partial charge is 0.0540 e. The number of anilines is 3. The lowest BCUT2D eigenvalue weighted by Crippen LogP contribution is -2.11. The van der Waals surface area contributed by atoms with Crippen molar-refractivity contribution in [2.24, 2.45) is 0 Å². The first kappa shape index (κ1) is 32.9. The Morgan fingerprint density at radius 1 is 0.228 bits per heavy atom. The molecule has 0 aromatic heterocycles. The maximum atomic E-state index is 2.42. The molecular formula is C56H37N. The third-order valence-electron chi connectivity index (χ3n) is 11.6. The van der Waals surface area contributed by atoms with Gasteiger partial charge in [0.05, 0.1) is 5.69 Å². The zero-order chi connectivity index (χ0) is 37.7. The van der Waals surface area contributed by atoms with Gasteiger partial charge in [-0.05, 0) is 124 Å². The minimum Gasteiger partial charge on any atom is -0.310 e. The Balaban J connectivity index is 1.09. The summed E-state index contributed by atoms with van der Waals surface area (Å²) in [5.41, 5.74) is 10.5. The molecule has 0 spiro atoms. The first-order valence-corrected chi connectivity index (χ1v) is 19.7. The summed E-state index contributed by atoms with van der Waals surface area (Å²) in [6.45, 7) is 0. The highest BCUT2D eigenvalue weighted by molar-refractivity contribution is 6.21. The van der Waals surface area contributed by atoms with Crippen molar-refractivity contribution in [2.75, 3.05) is 4.90 Å². The maximum Gasteiger partial charge on any atom is 0.0540 e. The minimum atomic E-state index is 1.10. The zero-order valence-electron chi connectivity index (χ0n) is 31.3. The van der Waals surface area contributed by atoms with Crippen LogP contribution in [-0.2, 0) is 0 Å². The lowest BCUT2D eigenvalue weighted by atomic mass is 9.90. The van der Waals surface area contributed by atoms with Gasteiger partial charge in [0.25, 0.3) is 0 Å². The average molecular weight is 724 g/mol. The van der Waals surface area contributed by atoms with Crippen LogP contribution in [0.15, 0.2) is 224 Å². The summed E-state index contributed by atoms with van der Waals surface area (Å²) in [5, 5.41) is 12.6. The molecule has 0 amide bonds. The Bertz CT molecular complexity index is 3290. The summed E-state index contributed by atoms with van der Waals surface area (Å²) in [6, 6.07) is 82.1. The van der Waals surface area contributed by atoms with Crippen LogP contribution in [0.2, 0.25) is 0 Å². The molecule has 0 saturated heterocycles. The number of hydrogen-bond acceptors (Lipinski definition) is 1. The van der Waals surface area contributed by atoms with Crippen molar-refractivity contribution >= 4 is 70.9 Å². The van der Waals surface area contributed by atoms with E-state index in [1.165, 1.54) is 87.2 Å². The molecule has 11 rings (SSSR count). The van der Waals surface area contributed by atoms with E-state index in [4.69, 9.17) is 0 Å². The molecule has 0 fully saturated rings. The molecule has 0 radical (unpaired) electrons. The summed E-state index contributed by atoms with van der Waals surface area (Å²) in [7, 11) is 0. The Hall–Kier alpha value is -7.48. The fourth-order valence-corrected chi connectivity index (χ4v) is 8.87. The third-order valence-corrected chi connectivity index (χ3v) is 11.6. The number of fused-ring (bicyclic) bond motifs is 8. The normalized spacial score (nSPS) is 11.5. The summed E-state index contributed by atoms with van der Waals surface area (Å²) in [6.07, 6.45) is 0. The van der Waals surface area contributed by atoms with Gasteiger partial charge in [0.15, 0.2) is 0 Å². The number of hydrogen-bond donors (Lipinski definition) is 0. The molecule has 1 nitrogen and oxygen atoms in total. The molecular weight excluding hydrogens is 687 g/mol. The van der Waals surface area contributed by atoms with E-state index in [0.717, 1.165) is 17.1 Å². The highest BCUT2D eigenvalue weighted by Gasteiger charge is 2.19. The van der Waals surface area contributed by atoms with Crippen molar-refractivity contribution in [1.82, 2.24) is 0 Å². The van der Waals surface area contributed by atoms with E-state index in [1.54, 1.807) is 0 Å². The van der Waals surface area contributed by atoms with Gasteiger partial charge in [-0.1, -0.05) is 182 Å². The standard InChI is InChI=1S/C56H37N/c1-2-13-38(14-3-1)39-27-30-45(31-28-39)57(46-32-34-49-44(36-46)26-25-40-15-4-6-19-47(40)49)56-24-11-10-21-50(56)42-17-12-18-43(35-42)54-37-55-48-20-7-5-16-41(48)29-33-53(55)51-22-8-9-23-52(51)54/h1-37H. The molecule has 0 aliphatic rings. The molecule has 57 heavy (non-hydrogen) atoms. The van der Waals surface area contributed by atoms with E-state index in [9.17, 15) is 0 Å². The largest absolute Gasteiger partial charge is 0.310 e. The van der Waals surface area contributed by atoms with Crippen molar-refractivity contribution in [3.05, 3.63) is 224 Å². The monoisotopic (exact) mass is 723 g/mol. The van der Waals surface area contributed by atoms with Crippen LogP contribution >= 0.6 is 0 Å². The van der Waals surface area contributed by atoms with Crippen LogP contribution in [0.4, 0.5) is 17.1 Å². The average Bonchev–Trinajstić information content (AvgIpc) is 3.29. The van der Waals surface area contributed by atoms with Crippen LogP contribution in [0, 0.1) is 0 Å². The van der Waals surface area contributed by atoms with E-state index in [0.29, 0.717) is 0 Å². The maximum absolute atomic E-state index is 2.42. The second kappa shape index (κ2) is 13.7. The molecule has 1 heteroatoms. The van der Waals surface area contributed by atoms with Gasteiger partial charge in [-0.15, -0.1) is 0 Å². The number of rotatable bonds is 6. The van der Waals surface area contributed by atoms with Crippen molar-refractivity contribution in [1.29, 1.82) is 0 Å². The number of nitrogens with zero attached hydrogens (tertiary/aromatic N) is 1. The predicted molar refractivity (Wildman–Crippen MR) is 245 cm³/mol. The van der Waals surface area contributed by atoms with Crippen LogP contribution < -0.4 is 4.90 Å². The molecule has 266 valence electrons. The summed E-state index contributed by atoms with van der Waals surface area (Å²) < 4.78 is 0. The van der Waals surface area contributed by atoms with Gasteiger partial charge < -0.3 is 4.90 Å². The molecule has 0 unspecified atom stereocenters. The van der Waals surface area contributed by atoms with Crippen LogP contribution in [0.1, 0.15) is 0 Å². The van der Waals surface area contributed by atoms with Crippen LogP contribution in [0.5, 0.6) is 0 Å². The van der Waals surface area contributed by atoms with E-state index in [-0.39, 0.29) is 0 Å². The van der Waals surface area contributed by atoms with E-state index in [1.807, 2.05) is 0 Å². The molecule has 0 N–H and O–H groups in total. The highest BCUT2D eigenvalue weighted by Crippen LogP contribution is 2.44. The summed E-state index contributed by atoms with van der Waals surface area (Å²) in [5.74, 6) is 0. The van der Waals surface area contributed by atoms with Gasteiger partial charge in [0.1, 0.15) is 0 Å². The van der Waals surface area contributed by atoms with Gasteiger partial charge in [-0.3, -0.25) is 0 Å². The summed E-state index contributed by atoms with van der Waals surface area (Å²) in [4.78, 5) is 2.42. The number of benzene rings is 11. The van der Waals surface area contributed by atoms with Gasteiger partial charge in [-0.25, -0.2) is 0 Å². The lowest BCUT2D eigenvalue weighted by Gasteiger charge is -2.28. The summed E-state index contributed by atoms with van der Waals surface area (Å²) >= 11 is 0. The van der Waals surface area contributed by atoms with E-state index >= 15 is 0 Å². The van der Waals surface area contributed by atoms with Crippen molar-refractivity contribution < 1.29 is 0 Å². The van der Waals surface area contributed by atoms with Crippen molar-refractivity contribution in [3.63, 3.8) is 0 Å². The second-order valence-corrected chi connectivity index (χ2v) is 14.9. The Labute approximate surface area is 332 Å². The molecule has 0 aliphatic heterocycles. The van der Waals surface area contributed by atoms with Gasteiger partial charge >= 0.3 is 0 Å². The molecule has 0 aliphatic carbocycles. The fourth-order valence-electron chi connectivity index (χ4n) is 8.87. The molecule has 0 heterocycles. The fraction of sp³-hybridized carbons (Fsp3) is 0. The van der Waals surface area contributed by atoms with Crippen molar-refractivity contribution in [3.8, 4) is 33.4 Å². The molecule has 11 aromatic carbocycles. The Morgan fingerprint density at radius 3 is 1.53 bits per heavy atom. The van der Waals surface area contributed by atoms with E-state index < -0.39 is 0 Å². The quantitative estimate of drug-likeness (QED) is 0.154. The van der Waals surface area contributed by atoms with Gasteiger partial charge in [-0.2, -0.15) is 0 Å². The Morgan fingerprint density at radius 2 is 0.737 bits per heavy atom. The minimum absolute atomic E-state index is 1.10. The van der Waals surface area contributed by atoms with E-state index in [2.05, 4.69) is 229 Å². The van der Waals surface area contributed by atoms with Crippen LogP contribution in [0.25, 0.3) is 87.2 Å². The predicted octanol–water partition coefficient (Wildman–Crippen LogP) is 15.9. The highest BCUT2D eigenvalue weighted by atomic mass is 15.1. The topological polar surface area (TPSA) is 3.24 Å². The molecule has 0 atom stereocenters. The second-order valence-electron chi connectivity index (χ2n) is 14.9. The van der Waals surface area contributed by atoms with Crippen molar-refractivity contribution in [2.45, 2.75) is 0 Å². The number of para-hydroxylation sites is 1. The molecule has 0 bridgehead atoms. The molecule has 0 saturated carbocycles. The molecule has 11 aromatic rings. The SMILES string of the molecule is c1ccc(-c2ccc(N(c3ccc4c(ccc5ccccc54)c3)c3ccccc3-c3cccc(-c4cc5c6ccccc6ccc5c5ccccc45)c3)cc2)cc1. The lowest BCUT2D eigenvalue weighted by molar-refractivity contribution is 1.29. The van der Waals surface area contributed by atoms with Gasteiger partial charge in [0.2, 0.25) is 0 Å². The zero-order valence-corrected chi connectivity index (χ0v) is 31.3. The first-order valence-electron chi connectivity index (χ1n) is 19.7. The van der Waals surface area contributed by atoms with Crippen LogP contribution in [-0.4, -0.2) is 0 Å². The first-order chi connectivity index (χ1) is 28.3. The van der Waals surface area contributed by atoms with Gasteiger partial charge in [0, 0.05) is 16.9 Å².